The minimum atomic E-state index is -0.415. The molecule has 0 aliphatic heterocycles. The van der Waals surface area contributed by atoms with Gasteiger partial charge in [-0.15, -0.1) is 12.4 Å². The van der Waals surface area contributed by atoms with Gasteiger partial charge in [0.15, 0.2) is 0 Å². The molecule has 3 N–H and O–H groups in total. The normalized spacial score (nSPS) is 11.0. The van der Waals surface area contributed by atoms with Gasteiger partial charge in [0.05, 0.1) is 19.8 Å². The van der Waals surface area contributed by atoms with Crippen molar-refractivity contribution in [2.45, 2.75) is 38.8 Å². The molecule has 0 aromatic heterocycles. The van der Waals surface area contributed by atoms with E-state index in [9.17, 15) is 9.18 Å². The summed E-state index contributed by atoms with van der Waals surface area (Å²) in [6.45, 7) is 5.27. The van der Waals surface area contributed by atoms with Gasteiger partial charge in [0.1, 0.15) is 5.82 Å². The lowest BCUT2D eigenvalue weighted by Crippen LogP contribution is -2.49. The second kappa shape index (κ2) is 11.4. The average molecular weight is 363 g/mol. The number of halogens is 2. The van der Waals surface area contributed by atoms with Crippen LogP contribution in [0, 0.1) is 5.82 Å². The molecular weight excluding hydrogens is 335 g/mol. The number of nitrogens with one attached hydrogen (secondary N) is 1. The number of nitrogens with two attached hydrogens (primary N) is 1. The van der Waals surface area contributed by atoms with Crippen molar-refractivity contribution in [1.29, 1.82) is 0 Å². The standard InChI is InChI=1S/C17H27FN2O3.ClH/c1-4-17(19,5-2)12-20-16(21)13-6-7-15(18)14(10-13)11-23-9-8-22-3;/h6-7,10H,4-5,8-9,11-12,19H2,1-3H3,(H,20,21);1H. The summed E-state index contributed by atoms with van der Waals surface area (Å²) in [6, 6.07) is 4.24. The van der Waals surface area contributed by atoms with E-state index >= 15 is 0 Å². The molecule has 0 fully saturated rings. The van der Waals surface area contributed by atoms with Gasteiger partial charge in [0.2, 0.25) is 0 Å². The van der Waals surface area contributed by atoms with Crippen molar-refractivity contribution in [1.82, 2.24) is 5.32 Å². The molecule has 0 aliphatic rings. The summed E-state index contributed by atoms with van der Waals surface area (Å²) in [5.74, 6) is -0.658. The zero-order chi connectivity index (χ0) is 17.3. The van der Waals surface area contributed by atoms with E-state index in [4.69, 9.17) is 15.2 Å². The van der Waals surface area contributed by atoms with Gasteiger partial charge in [-0.3, -0.25) is 4.79 Å². The van der Waals surface area contributed by atoms with Crippen LogP contribution in [-0.2, 0) is 16.1 Å². The zero-order valence-electron chi connectivity index (χ0n) is 14.6. The van der Waals surface area contributed by atoms with Crippen LogP contribution in [-0.4, -0.2) is 38.3 Å². The Balaban J connectivity index is 0.00000529. The van der Waals surface area contributed by atoms with E-state index < -0.39 is 11.4 Å². The van der Waals surface area contributed by atoms with Gasteiger partial charge in [-0.1, -0.05) is 13.8 Å². The molecular formula is C17H28ClFN2O3. The Morgan fingerprint density at radius 1 is 1.29 bits per heavy atom. The number of rotatable bonds is 10. The summed E-state index contributed by atoms with van der Waals surface area (Å²) in [5.41, 5.74) is 6.49. The first-order valence-electron chi connectivity index (χ1n) is 7.88. The Hall–Kier alpha value is -1.21. The van der Waals surface area contributed by atoms with Crippen LogP contribution in [0.25, 0.3) is 0 Å². The first-order chi connectivity index (χ1) is 11.0. The second-order valence-corrected chi connectivity index (χ2v) is 5.60. The Morgan fingerprint density at radius 3 is 2.54 bits per heavy atom. The van der Waals surface area contributed by atoms with E-state index in [0.717, 1.165) is 12.8 Å². The van der Waals surface area contributed by atoms with Gasteiger partial charge < -0.3 is 20.5 Å². The van der Waals surface area contributed by atoms with Crippen LogP contribution >= 0.6 is 12.4 Å². The van der Waals surface area contributed by atoms with Crippen molar-refractivity contribution in [3.05, 3.63) is 35.1 Å². The van der Waals surface area contributed by atoms with E-state index in [0.29, 0.717) is 30.9 Å². The minimum Gasteiger partial charge on any atom is -0.382 e. The molecule has 0 spiro atoms. The molecule has 0 atom stereocenters. The summed E-state index contributed by atoms with van der Waals surface area (Å²) in [6.07, 6.45) is 1.54. The van der Waals surface area contributed by atoms with Crippen LogP contribution < -0.4 is 11.1 Å². The maximum atomic E-state index is 13.8. The van der Waals surface area contributed by atoms with E-state index in [1.807, 2.05) is 13.8 Å². The number of benzene rings is 1. The number of methoxy groups -OCH3 is 1. The van der Waals surface area contributed by atoms with Crippen molar-refractivity contribution in [2.24, 2.45) is 5.73 Å². The number of carbonyl (C=O) groups excluding carboxylic acids is 1. The van der Waals surface area contributed by atoms with Crippen LogP contribution in [0.15, 0.2) is 18.2 Å². The van der Waals surface area contributed by atoms with Gasteiger partial charge in [-0.25, -0.2) is 4.39 Å². The third kappa shape index (κ3) is 7.13. The first-order valence-corrected chi connectivity index (χ1v) is 7.88. The number of hydrogen-bond donors (Lipinski definition) is 2. The summed E-state index contributed by atoms with van der Waals surface area (Å²) in [5, 5.41) is 2.82. The van der Waals surface area contributed by atoms with Crippen molar-refractivity contribution >= 4 is 18.3 Å². The Morgan fingerprint density at radius 2 is 1.96 bits per heavy atom. The minimum absolute atomic E-state index is 0. The molecule has 7 heteroatoms. The zero-order valence-corrected chi connectivity index (χ0v) is 15.4. The molecule has 0 saturated carbocycles. The average Bonchev–Trinajstić information content (AvgIpc) is 2.57. The monoisotopic (exact) mass is 362 g/mol. The quantitative estimate of drug-likeness (QED) is 0.627. The lowest BCUT2D eigenvalue weighted by molar-refractivity contribution is 0.0604. The molecule has 138 valence electrons. The topological polar surface area (TPSA) is 73.6 Å². The predicted octanol–water partition coefficient (Wildman–Crippen LogP) is 2.66. The van der Waals surface area contributed by atoms with Gasteiger partial charge >= 0.3 is 0 Å². The Bertz CT molecular complexity index is 511. The number of amides is 1. The van der Waals surface area contributed by atoms with Crippen LogP contribution in [0.4, 0.5) is 4.39 Å². The van der Waals surface area contributed by atoms with Crippen LogP contribution in [0.5, 0.6) is 0 Å². The summed E-state index contributed by atoms with van der Waals surface area (Å²) >= 11 is 0. The maximum absolute atomic E-state index is 13.8. The summed E-state index contributed by atoms with van der Waals surface area (Å²) < 4.78 is 23.9. The number of carbonyl (C=O) groups is 1. The molecule has 5 nitrogen and oxygen atoms in total. The van der Waals surface area contributed by atoms with Gasteiger partial charge in [-0.2, -0.15) is 0 Å². The number of ether oxygens (including phenoxy) is 2. The molecule has 24 heavy (non-hydrogen) atoms. The molecule has 0 radical (unpaired) electrons. The van der Waals surface area contributed by atoms with Crippen molar-refractivity contribution in [3.63, 3.8) is 0 Å². The Labute approximate surface area is 149 Å². The van der Waals surface area contributed by atoms with Crippen LogP contribution in [0.3, 0.4) is 0 Å². The molecule has 1 rings (SSSR count). The van der Waals surface area contributed by atoms with Gasteiger partial charge in [-0.05, 0) is 31.0 Å². The van der Waals surface area contributed by atoms with Gasteiger partial charge in [0.25, 0.3) is 5.91 Å². The van der Waals surface area contributed by atoms with Crippen LogP contribution in [0.1, 0.15) is 42.6 Å². The smallest absolute Gasteiger partial charge is 0.251 e. The molecule has 1 aromatic rings. The fraction of sp³-hybridized carbons (Fsp3) is 0.588. The molecule has 0 aliphatic carbocycles. The second-order valence-electron chi connectivity index (χ2n) is 5.60. The highest BCUT2D eigenvalue weighted by Crippen LogP contribution is 2.13. The highest BCUT2D eigenvalue weighted by molar-refractivity contribution is 5.94. The van der Waals surface area contributed by atoms with E-state index in [1.54, 1.807) is 7.11 Å². The van der Waals surface area contributed by atoms with Crippen molar-refractivity contribution in [3.8, 4) is 0 Å². The SMILES string of the molecule is CCC(N)(CC)CNC(=O)c1ccc(F)c(COCCOC)c1.Cl. The highest BCUT2D eigenvalue weighted by atomic mass is 35.5. The lowest BCUT2D eigenvalue weighted by Gasteiger charge is -2.26. The lowest BCUT2D eigenvalue weighted by atomic mass is 9.94. The Kier molecular flexibility index (Phi) is 10.8. The molecule has 1 aromatic carbocycles. The van der Waals surface area contributed by atoms with E-state index in [1.165, 1.54) is 18.2 Å². The highest BCUT2D eigenvalue weighted by Gasteiger charge is 2.21. The third-order valence-electron chi connectivity index (χ3n) is 4.01. The molecule has 0 saturated heterocycles. The third-order valence-corrected chi connectivity index (χ3v) is 4.01. The molecule has 0 unspecified atom stereocenters. The predicted molar refractivity (Wildman–Crippen MR) is 95.0 cm³/mol. The molecule has 0 bridgehead atoms. The van der Waals surface area contributed by atoms with E-state index in [-0.39, 0.29) is 24.9 Å². The number of hydrogen-bond acceptors (Lipinski definition) is 4. The van der Waals surface area contributed by atoms with Crippen molar-refractivity contribution in [2.75, 3.05) is 26.9 Å². The summed E-state index contributed by atoms with van der Waals surface area (Å²) in [4.78, 5) is 12.2. The van der Waals surface area contributed by atoms with E-state index in [2.05, 4.69) is 5.32 Å². The summed E-state index contributed by atoms with van der Waals surface area (Å²) in [7, 11) is 1.57. The molecule has 1 amide bonds. The maximum Gasteiger partial charge on any atom is 0.251 e. The molecule has 0 heterocycles. The van der Waals surface area contributed by atoms with Crippen LogP contribution in [0.2, 0.25) is 0 Å². The fourth-order valence-corrected chi connectivity index (χ4v) is 2.01. The fourth-order valence-electron chi connectivity index (χ4n) is 2.01. The first kappa shape index (κ1) is 22.8. The van der Waals surface area contributed by atoms with Gasteiger partial charge in [0, 0.05) is 30.3 Å². The van der Waals surface area contributed by atoms with Crippen molar-refractivity contribution < 1.29 is 18.7 Å². The largest absolute Gasteiger partial charge is 0.382 e.